The Kier molecular flexibility index (Phi) is 5.48. The number of aromatic nitrogens is 1. The number of rotatable bonds is 2. The molecule has 0 bridgehead atoms. The minimum absolute atomic E-state index is 0.139. The van der Waals surface area contributed by atoms with Crippen LogP contribution in [0.5, 0.6) is 0 Å². The van der Waals surface area contributed by atoms with Crippen molar-refractivity contribution in [2.75, 3.05) is 5.32 Å². The summed E-state index contributed by atoms with van der Waals surface area (Å²) in [5.41, 5.74) is 6.12. The molecule has 33 heavy (non-hydrogen) atoms. The molecule has 0 unspecified atom stereocenters. The van der Waals surface area contributed by atoms with Crippen LogP contribution in [-0.4, -0.2) is 16.6 Å². The lowest BCUT2D eigenvalue weighted by molar-refractivity contribution is -0.115. The third kappa shape index (κ3) is 4.70. The van der Waals surface area contributed by atoms with Crippen molar-refractivity contribution in [1.82, 2.24) is 4.98 Å². The number of anilines is 1. The van der Waals surface area contributed by atoms with Gasteiger partial charge in [-0.05, 0) is 66.2 Å². The summed E-state index contributed by atoms with van der Waals surface area (Å²) in [5, 5.41) is 2.93. The topological polar surface area (TPSA) is 54.4 Å². The maximum absolute atomic E-state index is 13.1. The van der Waals surface area contributed by atoms with Gasteiger partial charge in [0.05, 0.1) is 29.2 Å². The van der Waals surface area contributed by atoms with Crippen LogP contribution in [0, 0.1) is 17.7 Å². The normalized spacial score (nSPS) is 12.5. The van der Waals surface area contributed by atoms with Gasteiger partial charge in [0.15, 0.2) is 0 Å². The Morgan fingerprint density at radius 1 is 0.818 bits per heavy atom. The number of hydrogen-bond donors (Lipinski definition) is 1. The highest BCUT2D eigenvalue weighted by molar-refractivity contribution is 6.17. The number of pyridine rings is 1. The summed E-state index contributed by atoms with van der Waals surface area (Å²) >= 11 is 0. The molecule has 158 valence electrons. The highest BCUT2D eigenvalue weighted by Crippen LogP contribution is 2.30. The van der Waals surface area contributed by atoms with Gasteiger partial charge in [0.25, 0.3) is 0 Å². The number of carbonyl (C=O) groups excluding carboxylic acids is 1. The van der Waals surface area contributed by atoms with E-state index >= 15 is 0 Å². The SMILES string of the molecule is O=C1CC(c2cccc(-c3ccccn3)c2)=Nc2ccc(C#Cc3ccc(F)cc3)cc2N1. The molecule has 0 radical (unpaired) electrons. The van der Waals surface area contributed by atoms with Crippen molar-refractivity contribution in [3.8, 4) is 23.1 Å². The molecule has 1 aromatic heterocycles. The number of benzene rings is 3. The van der Waals surface area contributed by atoms with Gasteiger partial charge in [-0.15, -0.1) is 0 Å². The molecule has 0 saturated carbocycles. The number of hydrogen-bond acceptors (Lipinski definition) is 3. The number of carbonyl (C=O) groups is 1. The smallest absolute Gasteiger partial charge is 0.230 e. The predicted octanol–water partition coefficient (Wildman–Crippen LogP) is 5.75. The van der Waals surface area contributed by atoms with E-state index in [2.05, 4.69) is 22.1 Å². The Balaban J connectivity index is 1.47. The highest BCUT2D eigenvalue weighted by atomic mass is 19.1. The average Bonchev–Trinajstić information content (AvgIpc) is 3.02. The van der Waals surface area contributed by atoms with E-state index in [-0.39, 0.29) is 18.1 Å². The molecule has 1 aliphatic rings. The second-order valence-electron chi connectivity index (χ2n) is 7.57. The van der Waals surface area contributed by atoms with Crippen LogP contribution in [0.3, 0.4) is 0 Å². The lowest BCUT2D eigenvalue weighted by Gasteiger charge is -2.06. The molecule has 0 aliphatic carbocycles. The predicted molar refractivity (Wildman–Crippen MR) is 128 cm³/mol. The van der Waals surface area contributed by atoms with E-state index in [9.17, 15) is 9.18 Å². The molecule has 0 spiro atoms. The first-order valence-electron chi connectivity index (χ1n) is 10.4. The quantitative estimate of drug-likeness (QED) is 0.411. The van der Waals surface area contributed by atoms with Gasteiger partial charge in [-0.1, -0.05) is 36.1 Å². The lowest BCUT2D eigenvalue weighted by atomic mass is 10.0. The highest BCUT2D eigenvalue weighted by Gasteiger charge is 2.18. The molecule has 2 heterocycles. The van der Waals surface area contributed by atoms with Gasteiger partial charge in [-0.2, -0.15) is 0 Å². The first kappa shape index (κ1) is 20.3. The summed E-state index contributed by atoms with van der Waals surface area (Å²) in [7, 11) is 0. The Hall–Kier alpha value is -4.56. The minimum Gasteiger partial charge on any atom is -0.324 e. The van der Waals surface area contributed by atoms with Crippen molar-refractivity contribution in [3.63, 3.8) is 0 Å². The standard InChI is InChI=1S/C28H18FN3O/c29-23-12-9-19(10-13-23)7-8-20-11-14-25-27(16-20)32-28(33)18-26(31-25)22-5-3-4-21(17-22)24-6-1-2-15-30-24/h1-6,9-17H,18H2,(H,32,33). The number of nitrogens with one attached hydrogen (secondary N) is 1. The molecule has 1 N–H and O–H groups in total. The van der Waals surface area contributed by atoms with Crippen LogP contribution < -0.4 is 5.32 Å². The molecule has 1 aliphatic heterocycles. The second kappa shape index (κ2) is 8.89. The molecular weight excluding hydrogens is 413 g/mol. The first-order chi connectivity index (χ1) is 16.1. The molecule has 4 nitrogen and oxygen atoms in total. The van der Waals surface area contributed by atoms with Gasteiger partial charge in [0, 0.05) is 22.9 Å². The van der Waals surface area contributed by atoms with E-state index in [1.54, 1.807) is 24.4 Å². The first-order valence-corrected chi connectivity index (χ1v) is 10.4. The van der Waals surface area contributed by atoms with Gasteiger partial charge < -0.3 is 5.32 Å². The van der Waals surface area contributed by atoms with E-state index in [1.807, 2.05) is 54.6 Å². The van der Waals surface area contributed by atoms with Gasteiger partial charge in [-0.3, -0.25) is 14.8 Å². The molecule has 1 amide bonds. The lowest BCUT2D eigenvalue weighted by Crippen LogP contribution is -2.15. The van der Waals surface area contributed by atoms with Gasteiger partial charge in [-0.25, -0.2) is 4.39 Å². The van der Waals surface area contributed by atoms with Crippen LogP contribution in [0.1, 0.15) is 23.1 Å². The summed E-state index contributed by atoms with van der Waals surface area (Å²) in [4.78, 5) is 21.8. The van der Waals surface area contributed by atoms with E-state index in [1.165, 1.54) is 12.1 Å². The van der Waals surface area contributed by atoms with Crippen LogP contribution in [0.25, 0.3) is 11.3 Å². The van der Waals surface area contributed by atoms with Gasteiger partial charge >= 0.3 is 0 Å². The van der Waals surface area contributed by atoms with Crippen molar-refractivity contribution in [2.45, 2.75) is 6.42 Å². The van der Waals surface area contributed by atoms with Crippen LogP contribution in [0.15, 0.2) is 96.1 Å². The van der Waals surface area contributed by atoms with Crippen molar-refractivity contribution in [2.24, 2.45) is 4.99 Å². The summed E-state index contributed by atoms with van der Waals surface area (Å²) in [5.74, 6) is 5.62. The van der Waals surface area contributed by atoms with Crippen molar-refractivity contribution in [3.05, 3.63) is 114 Å². The third-order valence-electron chi connectivity index (χ3n) is 5.21. The molecule has 0 fully saturated rings. The molecule has 4 aromatic rings. The maximum atomic E-state index is 13.1. The molecular formula is C28H18FN3O. The Morgan fingerprint density at radius 2 is 1.61 bits per heavy atom. The summed E-state index contributed by atoms with van der Waals surface area (Å²) in [6.45, 7) is 0. The Bertz CT molecular complexity index is 1430. The van der Waals surface area contributed by atoms with Crippen molar-refractivity contribution < 1.29 is 9.18 Å². The minimum atomic E-state index is -0.299. The van der Waals surface area contributed by atoms with Crippen LogP contribution in [0.2, 0.25) is 0 Å². The number of amides is 1. The largest absolute Gasteiger partial charge is 0.324 e. The zero-order valence-electron chi connectivity index (χ0n) is 17.5. The number of aliphatic imine (C=N–C) groups is 1. The van der Waals surface area contributed by atoms with Gasteiger partial charge in [0.2, 0.25) is 5.91 Å². The monoisotopic (exact) mass is 431 g/mol. The molecule has 0 saturated heterocycles. The second-order valence-corrected chi connectivity index (χ2v) is 7.57. The summed E-state index contributed by atoms with van der Waals surface area (Å²) in [6, 6.07) is 25.2. The number of nitrogens with zero attached hydrogens (tertiary/aromatic N) is 2. The summed E-state index contributed by atoms with van der Waals surface area (Å²) in [6.07, 6.45) is 1.92. The molecule has 5 rings (SSSR count). The van der Waals surface area contributed by atoms with Crippen molar-refractivity contribution in [1.29, 1.82) is 0 Å². The van der Waals surface area contributed by atoms with E-state index in [0.29, 0.717) is 22.6 Å². The van der Waals surface area contributed by atoms with Crippen LogP contribution in [-0.2, 0) is 4.79 Å². The summed E-state index contributed by atoms with van der Waals surface area (Å²) < 4.78 is 13.1. The van der Waals surface area contributed by atoms with Crippen LogP contribution >= 0.6 is 0 Å². The van der Waals surface area contributed by atoms with Gasteiger partial charge in [0.1, 0.15) is 5.82 Å². The fraction of sp³-hybridized carbons (Fsp3) is 0.0357. The molecule has 3 aromatic carbocycles. The Labute approximate surface area is 190 Å². The fourth-order valence-corrected chi connectivity index (χ4v) is 3.58. The zero-order valence-corrected chi connectivity index (χ0v) is 17.5. The molecule has 0 atom stereocenters. The van der Waals surface area contributed by atoms with Crippen molar-refractivity contribution >= 4 is 23.0 Å². The average molecular weight is 431 g/mol. The Morgan fingerprint density at radius 3 is 2.42 bits per heavy atom. The van der Waals surface area contributed by atoms with Crippen LogP contribution in [0.4, 0.5) is 15.8 Å². The fourth-order valence-electron chi connectivity index (χ4n) is 3.58. The maximum Gasteiger partial charge on any atom is 0.230 e. The number of halogens is 1. The molecule has 5 heteroatoms. The zero-order chi connectivity index (χ0) is 22.6. The number of fused-ring (bicyclic) bond motifs is 1. The van der Waals surface area contributed by atoms with E-state index in [4.69, 9.17) is 4.99 Å². The van der Waals surface area contributed by atoms with E-state index in [0.717, 1.165) is 22.4 Å². The van der Waals surface area contributed by atoms with E-state index < -0.39 is 0 Å². The third-order valence-corrected chi connectivity index (χ3v) is 5.21.